The molecule has 3 rings (SSSR count). The van der Waals surface area contributed by atoms with Crippen LogP contribution in [0.15, 0.2) is 36.4 Å². The summed E-state index contributed by atoms with van der Waals surface area (Å²) in [6.45, 7) is 1.54. The van der Waals surface area contributed by atoms with Crippen molar-refractivity contribution in [3.05, 3.63) is 59.4 Å². The summed E-state index contributed by atoms with van der Waals surface area (Å²) in [7, 11) is 0. The largest absolute Gasteiger partial charge is 0.350 e. The number of rotatable bonds is 4. The molecule has 3 nitrogen and oxygen atoms in total. The van der Waals surface area contributed by atoms with Crippen LogP contribution in [0.4, 0.5) is 13.2 Å². The third kappa shape index (κ3) is 3.59. The molecule has 1 atom stereocenters. The Morgan fingerprint density at radius 2 is 1.75 bits per heavy atom. The van der Waals surface area contributed by atoms with Crippen LogP contribution in [0, 0.1) is 17.5 Å². The second-order valence-electron chi connectivity index (χ2n) is 5.83. The number of halogens is 3. The first-order valence-electron chi connectivity index (χ1n) is 7.81. The van der Waals surface area contributed by atoms with E-state index in [0.717, 1.165) is 31.5 Å². The smallest absolute Gasteiger partial charge is 0.251 e. The van der Waals surface area contributed by atoms with E-state index in [1.165, 1.54) is 0 Å². The molecule has 0 aromatic heterocycles. The molecule has 0 radical (unpaired) electrons. The van der Waals surface area contributed by atoms with E-state index in [1.54, 1.807) is 24.3 Å². The van der Waals surface area contributed by atoms with E-state index >= 15 is 0 Å². The fourth-order valence-corrected chi connectivity index (χ4v) is 2.79. The van der Waals surface area contributed by atoms with Gasteiger partial charge in [-0.2, -0.15) is 0 Å². The second kappa shape index (κ2) is 7.05. The molecule has 1 unspecified atom stereocenters. The zero-order valence-corrected chi connectivity index (χ0v) is 12.9. The van der Waals surface area contributed by atoms with Crippen LogP contribution in [0.3, 0.4) is 0 Å². The summed E-state index contributed by atoms with van der Waals surface area (Å²) in [5.41, 5.74) is 1.18. The van der Waals surface area contributed by atoms with Gasteiger partial charge in [0.25, 0.3) is 5.91 Å². The number of amides is 1. The highest BCUT2D eigenvalue weighted by molar-refractivity contribution is 5.94. The number of hydrogen-bond acceptors (Lipinski definition) is 2. The van der Waals surface area contributed by atoms with Crippen LogP contribution in [0.2, 0.25) is 0 Å². The van der Waals surface area contributed by atoms with Crippen molar-refractivity contribution in [1.29, 1.82) is 0 Å². The molecular weight excluding hydrogens is 317 g/mol. The lowest BCUT2D eigenvalue weighted by molar-refractivity contribution is 0.0950. The Labute approximate surface area is 137 Å². The molecule has 126 valence electrons. The van der Waals surface area contributed by atoms with Gasteiger partial charge in [0.15, 0.2) is 17.5 Å². The lowest BCUT2D eigenvalue weighted by atomic mass is 10.0. The van der Waals surface area contributed by atoms with Crippen molar-refractivity contribution < 1.29 is 18.0 Å². The summed E-state index contributed by atoms with van der Waals surface area (Å²) >= 11 is 0. The average molecular weight is 334 g/mol. The van der Waals surface area contributed by atoms with E-state index in [0.29, 0.717) is 23.7 Å². The lowest BCUT2D eigenvalue weighted by Crippen LogP contribution is -2.37. The van der Waals surface area contributed by atoms with Crippen LogP contribution in [0.1, 0.15) is 23.2 Å². The summed E-state index contributed by atoms with van der Waals surface area (Å²) in [5.74, 6) is -4.17. The predicted molar refractivity (Wildman–Crippen MR) is 85.1 cm³/mol. The molecule has 0 bridgehead atoms. The van der Waals surface area contributed by atoms with Gasteiger partial charge < -0.3 is 10.6 Å². The standard InChI is InChI=1S/C18H17F3N2O/c19-15-8-13(9-16(20)17(15)21)11-3-5-12(6-4-11)18(24)23-10-14-2-1-7-22-14/h3-6,8-9,14,22H,1-2,7,10H2,(H,23,24). The molecule has 1 saturated heterocycles. The maximum absolute atomic E-state index is 13.3. The normalized spacial score (nSPS) is 17.0. The van der Waals surface area contributed by atoms with Gasteiger partial charge in [-0.1, -0.05) is 12.1 Å². The molecule has 1 fully saturated rings. The fraction of sp³-hybridized carbons (Fsp3) is 0.278. The minimum atomic E-state index is -1.49. The third-order valence-electron chi connectivity index (χ3n) is 4.14. The quantitative estimate of drug-likeness (QED) is 0.843. The fourth-order valence-electron chi connectivity index (χ4n) is 2.79. The van der Waals surface area contributed by atoms with Crippen LogP contribution in [-0.2, 0) is 0 Å². The molecular formula is C18H17F3N2O. The van der Waals surface area contributed by atoms with Gasteiger partial charge >= 0.3 is 0 Å². The minimum Gasteiger partial charge on any atom is -0.350 e. The second-order valence-corrected chi connectivity index (χ2v) is 5.83. The first-order valence-corrected chi connectivity index (χ1v) is 7.81. The number of hydrogen-bond donors (Lipinski definition) is 2. The maximum atomic E-state index is 13.3. The summed E-state index contributed by atoms with van der Waals surface area (Å²) < 4.78 is 39.6. The zero-order valence-electron chi connectivity index (χ0n) is 12.9. The van der Waals surface area contributed by atoms with Gasteiger partial charge in [-0.15, -0.1) is 0 Å². The Hall–Kier alpha value is -2.34. The summed E-state index contributed by atoms with van der Waals surface area (Å²) in [5, 5.41) is 6.15. The first-order chi connectivity index (χ1) is 11.5. The predicted octanol–water partition coefficient (Wildman–Crippen LogP) is 3.25. The Morgan fingerprint density at radius 1 is 1.08 bits per heavy atom. The zero-order chi connectivity index (χ0) is 17.1. The van der Waals surface area contributed by atoms with Crippen LogP contribution in [0.5, 0.6) is 0 Å². The summed E-state index contributed by atoms with van der Waals surface area (Å²) in [4.78, 5) is 12.1. The van der Waals surface area contributed by atoms with Crippen molar-refractivity contribution in [3.63, 3.8) is 0 Å². The van der Waals surface area contributed by atoms with E-state index in [-0.39, 0.29) is 11.5 Å². The molecule has 0 saturated carbocycles. The first kappa shape index (κ1) is 16.5. The van der Waals surface area contributed by atoms with Gasteiger partial charge in [-0.3, -0.25) is 4.79 Å². The van der Waals surface area contributed by atoms with E-state index in [2.05, 4.69) is 10.6 Å². The number of carbonyl (C=O) groups excluding carboxylic acids is 1. The summed E-state index contributed by atoms with van der Waals surface area (Å²) in [6.07, 6.45) is 2.15. The molecule has 0 spiro atoms. The van der Waals surface area contributed by atoms with Gasteiger partial charge in [0.1, 0.15) is 0 Å². The van der Waals surface area contributed by atoms with Crippen molar-refractivity contribution >= 4 is 5.91 Å². The molecule has 2 aromatic rings. The number of benzene rings is 2. The van der Waals surface area contributed by atoms with E-state index < -0.39 is 17.5 Å². The topological polar surface area (TPSA) is 41.1 Å². The van der Waals surface area contributed by atoms with E-state index in [4.69, 9.17) is 0 Å². The van der Waals surface area contributed by atoms with Crippen molar-refractivity contribution in [2.24, 2.45) is 0 Å². The minimum absolute atomic E-state index is 0.202. The molecule has 1 aliphatic heterocycles. The highest BCUT2D eigenvalue weighted by atomic mass is 19.2. The van der Waals surface area contributed by atoms with Crippen molar-refractivity contribution in [2.75, 3.05) is 13.1 Å². The van der Waals surface area contributed by atoms with Crippen LogP contribution in [-0.4, -0.2) is 25.0 Å². The Balaban J connectivity index is 1.69. The molecule has 0 aliphatic carbocycles. The van der Waals surface area contributed by atoms with Crippen LogP contribution >= 0.6 is 0 Å². The van der Waals surface area contributed by atoms with Crippen LogP contribution in [0.25, 0.3) is 11.1 Å². The molecule has 2 aromatic carbocycles. The molecule has 6 heteroatoms. The van der Waals surface area contributed by atoms with E-state index in [1.807, 2.05) is 0 Å². The van der Waals surface area contributed by atoms with Gasteiger partial charge in [0, 0.05) is 18.2 Å². The summed E-state index contributed by atoms with van der Waals surface area (Å²) in [6, 6.07) is 8.47. The molecule has 2 N–H and O–H groups in total. The number of carbonyl (C=O) groups is 1. The van der Waals surface area contributed by atoms with Crippen molar-refractivity contribution in [2.45, 2.75) is 18.9 Å². The van der Waals surface area contributed by atoms with Gasteiger partial charge in [-0.05, 0) is 54.8 Å². The SMILES string of the molecule is O=C(NCC1CCCN1)c1ccc(-c2cc(F)c(F)c(F)c2)cc1. The Kier molecular flexibility index (Phi) is 4.85. The van der Waals surface area contributed by atoms with Crippen molar-refractivity contribution in [3.8, 4) is 11.1 Å². The highest BCUT2D eigenvalue weighted by Crippen LogP contribution is 2.24. The molecule has 24 heavy (non-hydrogen) atoms. The average Bonchev–Trinajstić information content (AvgIpc) is 3.11. The Bertz CT molecular complexity index is 717. The van der Waals surface area contributed by atoms with Gasteiger partial charge in [-0.25, -0.2) is 13.2 Å². The molecule has 1 amide bonds. The molecule has 1 aliphatic rings. The molecule has 1 heterocycles. The van der Waals surface area contributed by atoms with Gasteiger partial charge in [0.05, 0.1) is 0 Å². The highest BCUT2D eigenvalue weighted by Gasteiger charge is 2.16. The third-order valence-corrected chi connectivity index (χ3v) is 4.14. The van der Waals surface area contributed by atoms with Gasteiger partial charge in [0.2, 0.25) is 0 Å². The van der Waals surface area contributed by atoms with Crippen LogP contribution < -0.4 is 10.6 Å². The monoisotopic (exact) mass is 334 g/mol. The van der Waals surface area contributed by atoms with Crippen molar-refractivity contribution in [1.82, 2.24) is 10.6 Å². The Morgan fingerprint density at radius 3 is 2.33 bits per heavy atom. The lowest BCUT2D eigenvalue weighted by Gasteiger charge is -2.11. The van der Waals surface area contributed by atoms with E-state index in [9.17, 15) is 18.0 Å². The number of nitrogens with one attached hydrogen (secondary N) is 2. The maximum Gasteiger partial charge on any atom is 0.251 e.